The predicted octanol–water partition coefficient (Wildman–Crippen LogP) is 1.87. The van der Waals surface area contributed by atoms with Gasteiger partial charge in [-0.05, 0) is 12.8 Å². The van der Waals surface area contributed by atoms with Crippen molar-refractivity contribution in [3.63, 3.8) is 0 Å². The van der Waals surface area contributed by atoms with Gasteiger partial charge in [-0.3, -0.25) is 4.79 Å². The molecule has 0 bridgehead atoms. The molecule has 2 nitrogen and oxygen atoms in total. The van der Waals surface area contributed by atoms with E-state index < -0.39 is 0 Å². The van der Waals surface area contributed by atoms with Gasteiger partial charge in [-0.15, -0.1) is 0 Å². The summed E-state index contributed by atoms with van der Waals surface area (Å²) in [5.41, 5.74) is 0. The topological polar surface area (TPSA) is 26.3 Å². The summed E-state index contributed by atoms with van der Waals surface area (Å²) in [4.78, 5) is 11.3. The summed E-state index contributed by atoms with van der Waals surface area (Å²) in [5, 5.41) is 0. The highest BCUT2D eigenvalue weighted by molar-refractivity contribution is 9.09. The first kappa shape index (κ1) is 7.59. The van der Waals surface area contributed by atoms with Gasteiger partial charge >= 0.3 is 5.97 Å². The van der Waals surface area contributed by atoms with Crippen LogP contribution in [-0.2, 0) is 9.53 Å². The molecule has 0 radical (unpaired) electrons. The van der Waals surface area contributed by atoms with Crippen LogP contribution in [0.5, 0.6) is 0 Å². The summed E-state index contributed by atoms with van der Waals surface area (Å²) in [7, 11) is 0. The summed E-state index contributed by atoms with van der Waals surface area (Å²) in [6, 6.07) is 0. The largest absolute Gasteiger partial charge is 0.461 e. The van der Waals surface area contributed by atoms with Crippen LogP contribution in [-0.4, -0.2) is 16.9 Å². The predicted molar refractivity (Wildman–Crippen MR) is 44.6 cm³/mol. The van der Waals surface area contributed by atoms with E-state index in [1.165, 1.54) is 12.8 Å². The third kappa shape index (κ3) is 1.31. The molecule has 1 saturated heterocycles. The summed E-state index contributed by atoms with van der Waals surface area (Å²) in [6.07, 6.45) is 4.37. The maximum absolute atomic E-state index is 10.9. The number of carbonyl (C=O) groups is 1. The number of hydrogen-bond donors (Lipinski definition) is 0. The van der Waals surface area contributed by atoms with Gasteiger partial charge < -0.3 is 4.74 Å². The molecule has 1 aliphatic carbocycles. The summed E-state index contributed by atoms with van der Waals surface area (Å²) < 4.78 is 5.19. The monoisotopic (exact) mass is 218 g/mol. The van der Waals surface area contributed by atoms with E-state index in [1.807, 2.05) is 0 Å². The quantitative estimate of drug-likeness (QED) is 0.459. The fourth-order valence-corrected chi connectivity index (χ4v) is 2.86. The van der Waals surface area contributed by atoms with Gasteiger partial charge in [0.25, 0.3) is 0 Å². The zero-order valence-electron chi connectivity index (χ0n) is 6.25. The number of ether oxygens (including phenoxy) is 1. The smallest absolute Gasteiger partial charge is 0.306 e. The van der Waals surface area contributed by atoms with Crippen LogP contribution >= 0.6 is 15.9 Å². The molecule has 0 aromatic heterocycles. The van der Waals surface area contributed by atoms with Crippen molar-refractivity contribution in [3.8, 4) is 0 Å². The second-order valence-corrected chi connectivity index (χ2v) is 4.54. The van der Waals surface area contributed by atoms with Gasteiger partial charge in [-0.1, -0.05) is 22.4 Å². The molecule has 2 aliphatic rings. The number of hydrogen-bond acceptors (Lipinski definition) is 2. The first-order valence-corrected chi connectivity index (χ1v) is 5.02. The van der Waals surface area contributed by atoms with Crippen molar-refractivity contribution in [2.45, 2.75) is 36.6 Å². The van der Waals surface area contributed by atoms with Gasteiger partial charge in [-0.25, -0.2) is 0 Å². The Morgan fingerprint density at radius 2 is 2.27 bits per heavy atom. The highest BCUT2D eigenvalue weighted by Gasteiger charge is 2.41. The second-order valence-electron chi connectivity index (χ2n) is 3.37. The minimum atomic E-state index is -0.00801. The zero-order chi connectivity index (χ0) is 7.84. The first-order chi connectivity index (χ1) is 5.27. The van der Waals surface area contributed by atoms with E-state index in [2.05, 4.69) is 15.9 Å². The van der Waals surface area contributed by atoms with Gasteiger partial charge in [0, 0.05) is 5.92 Å². The lowest BCUT2D eigenvalue weighted by atomic mass is 9.86. The Bertz CT molecular complexity index is 181. The van der Waals surface area contributed by atoms with Gasteiger partial charge in [0.15, 0.2) is 0 Å². The highest BCUT2D eigenvalue weighted by Crippen LogP contribution is 2.37. The number of halogens is 1. The molecule has 1 heterocycles. The molecule has 0 N–H and O–H groups in total. The Balaban J connectivity index is 2.09. The van der Waals surface area contributed by atoms with Crippen molar-refractivity contribution in [2.24, 2.45) is 5.92 Å². The van der Waals surface area contributed by atoms with Gasteiger partial charge in [-0.2, -0.15) is 0 Å². The summed E-state index contributed by atoms with van der Waals surface area (Å²) >= 11 is 3.55. The maximum Gasteiger partial charge on any atom is 0.306 e. The number of fused-ring (bicyclic) bond motifs is 1. The van der Waals surface area contributed by atoms with E-state index in [0.29, 0.717) is 17.2 Å². The fraction of sp³-hybridized carbons (Fsp3) is 0.875. The Kier molecular flexibility index (Phi) is 1.91. The van der Waals surface area contributed by atoms with Crippen molar-refractivity contribution >= 4 is 21.9 Å². The molecule has 0 spiro atoms. The normalized spacial score (nSPS) is 43.4. The molecule has 62 valence electrons. The molecule has 3 atom stereocenters. The van der Waals surface area contributed by atoms with Crippen LogP contribution in [0.4, 0.5) is 0 Å². The molecule has 0 aromatic rings. The van der Waals surface area contributed by atoms with Crippen LogP contribution < -0.4 is 0 Å². The first-order valence-electron chi connectivity index (χ1n) is 4.11. The Morgan fingerprint density at radius 3 is 3.00 bits per heavy atom. The molecule has 1 saturated carbocycles. The molecule has 2 fully saturated rings. The minimum Gasteiger partial charge on any atom is -0.461 e. The average molecular weight is 219 g/mol. The molecule has 0 aromatic carbocycles. The van der Waals surface area contributed by atoms with Crippen LogP contribution in [0.15, 0.2) is 0 Å². The molecule has 1 unspecified atom stereocenters. The zero-order valence-corrected chi connectivity index (χ0v) is 7.84. The van der Waals surface area contributed by atoms with Crippen molar-refractivity contribution in [1.29, 1.82) is 0 Å². The van der Waals surface area contributed by atoms with Crippen LogP contribution in [0.3, 0.4) is 0 Å². The highest BCUT2D eigenvalue weighted by atomic mass is 79.9. The van der Waals surface area contributed by atoms with E-state index in [0.717, 1.165) is 6.42 Å². The van der Waals surface area contributed by atoms with E-state index >= 15 is 0 Å². The minimum absolute atomic E-state index is 0.00801. The molecule has 3 heteroatoms. The standard InChI is InChI=1S/C8H11BrO2/c9-6-3-1-2-5-4-7(10)11-8(5)6/h5-6,8H,1-4H2/t5-,6?,8+/m0/s1. The van der Waals surface area contributed by atoms with E-state index in [4.69, 9.17) is 4.74 Å². The molecular formula is C8H11BrO2. The van der Waals surface area contributed by atoms with Crippen LogP contribution in [0.2, 0.25) is 0 Å². The van der Waals surface area contributed by atoms with Gasteiger partial charge in [0.05, 0.1) is 11.2 Å². The van der Waals surface area contributed by atoms with Crippen molar-refractivity contribution in [1.82, 2.24) is 0 Å². The second kappa shape index (κ2) is 2.77. The Hall–Kier alpha value is -0.0500. The van der Waals surface area contributed by atoms with Crippen molar-refractivity contribution < 1.29 is 9.53 Å². The Labute approximate surface area is 74.4 Å². The van der Waals surface area contributed by atoms with E-state index in [9.17, 15) is 4.79 Å². The van der Waals surface area contributed by atoms with E-state index in [1.54, 1.807) is 0 Å². The van der Waals surface area contributed by atoms with E-state index in [-0.39, 0.29) is 12.1 Å². The molecule has 0 amide bonds. The molecule has 11 heavy (non-hydrogen) atoms. The van der Waals surface area contributed by atoms with Gasteiger partial charge in [0.2, 0.25) is 0 Å². The van der Waals surface area contributed by atoms with Gasteiger partial charge in [0.1, 0.15) is 6.10 Å². The number of alkyl halides is 1. The van der Waals surface area contributed by atoms with Crippen LogP contribution in [0, 0.1) is 5.92 Å². The number of carbonyl (C=O) groups excluding carboxylic acids is 1. The SMILES string of the molecule is O=C1C[C@@H]2CCCC(Br)[C@@H]2O1. The van der Waals surface area contributed by atoms with Crippen molar-refractivity contribution in [2.75, 3.05) is 0 Å². The lowest BCUT2D eigenvalue weighted by molar-refractivity contribution is -0.141. The lowest BCUT2D eigenvalue weighted by Crippen LogP contribution is -2.30. The average Bonchev–Trinajstić information content (AvgIpc) is 2.31. The number of rotatable bonds is 0. The Morgan fingerprint density at radius 1 is 1.45 bits per heavy atom. The maximum atomic E-state index is 10.9. The molecular weight excluding hydrogens is 208 g/mol. The lowest BCUT2D eigenvalue weighted by Gasteiger charge is -2.27. The van der Waals surface area contributed by atoms with Crippen LogP contribution in [0.1, 0.15) is 25.7 Å². The third-order valence-electron chi connectivity index (χ3n) is 2.57. The fourth-order valence-electron chi connectivity index (χ4n) is 2.00. The number of esters is 1. The van der Waals surface area contributed by atoms with Crippen molar-refractivity contribution in [3.05, 3.63) is 0 Å². The van der Waals surface area contributed by atoms with Crippen LogP contribution in [0.25, 0.3) is 0 Å². The molecule has 2 rings (SSSR count). The summed E-state index contributed by atoms with van der Waals surface area (Å²) in [6.45, 7) is 0. The molecule has 1 aliphatic heterocycles. The summed E-state index contributed by atoms with van der Waals surface area (Å²) in [5.74, 6) is 0.493. The third-order valence-corrected chi connectivity index (χ3v) is 3.55.